The molecule has 15 heavy (non-hydrogen) atoms. The molecule has 88 valence electrons. The fraction of sp³-hybridized carbons (Fsp3) is 0.909. The Morgan fingerprint density at radius 2 is 2.13 bits per heavy atom. The van der Waals surface area contributed by atoms with Gasteiger partial charge in [0.25, 0.3) is 0 Å². The second-order valence-electron chi connectivity index (χ2n) is 5.16. The molecule has 0 aromatic carbocycles. The van der Waals surface area contributed by atoms with Crippen molar-refractivity contribution in [2.75, 3.05) is 27.2 Å². The molecule has 0 heterocycles. The molecule has 0 saturated heterocycles. The fourth-order valence-corrected chi connectivity index (χ4v) is 1.68. The number of amides is 1. The number of nitrogens with zero attached hydrogens (tertiary/aromatic N) is 1. The first-order chi connectivity index (χ1) is 6.89. The number of rotatable bonds is 6. The van der Waals surface area contributed by atoms with Crippen LogP contribution in [0.5, 0.6) is 0 Å². The van der Waals surface area contributed by atoms with Crippen LogP contribution in [0.3, 0.4) is 0 Å². The van der Waals surface area contributed by atoms with Gasteiger partial charge < -0.3 is 15.3 Å². The third kappa shape index (κ3) is 5.74. The van der Waals surface area contributed by atoms with Gasteiger partial charge in [0, 0.05) is 19.5 Å². The second-order valence-corrected chi connectivity index (χ2v) is 5.16. The number of likely N-dealkylation sites (N-methyl/N-ethyl adjacent to an activating group) is 1. The maximum Gasteiger partial charge on any atom is 0.220 e. The van der Waals surface area contributed by atoms with E-state index < -0.39 is 5.60 Å². The fourth-order valence-electron chi connectivity index (χ4n) is 1.68. The van der Waals surface area contributed by atoms with Crippen LogP contribution in [0, 0.1) is 5.92 Å². The van der Waals surface area contributed by atoms with Crippen molar-refractivity contribution in [2.45, 2.75) is 31.8 Å². The predicted molar refractivity (Wildman–Crippen MR) is 59.5 cm³/mol. The number of aliphatic hydroxyl groups is 1. The molecule has 1 aliphatic rings. The minimum absolute atomic E-state index is 0.0662. The van der Waals surface area contributed by atoms with Crippen LogP contribution in [-0.2, 0) is 4.79 Å². The van der Waals surface area contributed by atoms with Crippen LogP contribution >= 0.6 is 0 Å². The largest absolute Gasteiger partial charge is 0.387 e. The summed E-state index contributed by atoms with van der Waals surface area (Å²) in [7, 11) is 3.81. The van der Waals surface area contributed by atoms with Crippen LogP contribution in [0.25, 0.3) is 0 Å². The zero-order valence-corrected chi connectivity index (χ0v) is 9.92. The van der Waals surface area contributed by atoms with E-state index in [1.807, 2.05) is 19.0 Å². The molecular weight excluding hydrogens is 192 g/mol. The first-order valence-corrected chi connectivity index (χ1v) is 5.53. The summed E-state index contributed by atoms with van der Waals surface area (Å²) in [6.07, 6.45) is 2.99. The van der Waals surface area contributed by atoms with Gasteiger partial charge in [0.2, 0.25) is 5.91 Å². The molecule has 1 amide bonds. The molecule has 1 atom stereocenters. The maximum absolute atomic E-state index is 11.4. The molecule has 1 saturated carbocycles. The Kier molecular flexibility index (Phi) is 4.11. The van der Waals surface area contributed by atoms with Crippen LogP contribution in [0.15, 0.2) is 0 Å². The van der Waals surface area contributed by atoms with Crippen LogP contribution in [0.2, 0.25) is 0 Å². The quantitative estimate of drug-likeness (QED) is 0.665. The lowest BCUT2D eigenvalue weighted by Gasteiger charge is -2.27. The lowest BCUT2D eigenvalue weighted by molar-refractivity contribution is -0.122. The molecule has 1 aliphatic carbocycles. The summed E-state index contributed by atoms with van der Waals surface area (Å²) in [5.41, 5.74) is -0.845. The van der Waals surface area contributed by atoms with E-state index in [0.29, 0.717) is 25.4 Å². The van der Waals surface area contributed by atoms with E-state index >= 15 is 0 Å². The topological polar surface area (TPSA) is 52.6 Å². The highest BCUT2D eigenvalue weighted by atomic mass is 16.3. The summed E-state index contributed by atoms with van der Waals surface area (Å²) in [6, 6.07) is 0. The van der Waals surface area contributed by atoms with E-state index in [0.717, 1.165) is 0 Å². The van der Waals surface area contributed by atoms with Crippen molar-refractivity contribution in [3.63, 3.8) is 0 Å². The molecule has 1 rings (SSSR count). The number of hydrogen-bond donors (Lipinski definition) is 2. The Morgan fingerprint density at radius 3 is 2.60 bits per heavy atom. The van der Waals surface area contributed by atoms with Crippen molar-refractivity contribution in [3.05, 3.63) is 0 Å². The molecule has 4 nitrogen and oxygen atoms in total. The number of carbonyl (C=O) groups is 1. The van der Waals surface area contributed by atoms with Crippen LogP contribution in [0.4, 0.5) is 0 Å². The molecule has 1 unspecified atom stereocenters. The summed E-state index contributed by atoms with van der Waals surface area (Å²) in [5, 5.41) is 12.7. The number of carbonyl (C=O) groups excluding carboxylic acids is 1. The number of hydrogen-bond acceptors (Lipinski definition) is 3. The van der Waals surface area contributed by atoms with E-state index in [2.05, 4.69) is 5.32 Å². The molecule has 4 heteroatoms. The van der Waals surface area contributed by atoms with Crippen LogP contribution < -0.4 is 5.32 Å². The Hall–Kier alpha value is -0.610. The molecular formula is C11H22N2O2. The van der Waals surface area contributed by atoms with Gasteiger partial charge in [-0.15, -0.1) is 0 Å². The van der Waals surface area contributed by atoms with Gasteiger partial charge in [0.1, 0.15) is 0 Å². The summed E-state index contributed by atoms with van der Waals surface area (Å²) in [5.74, 6) is 0.667. The lowest BCUT2D eigenvalue weighted by atomic mass is 10.1. The normalized spacial score (nSPS) is 20.1. The average molecular weight is 214 g/mol. The van der Waals surface area contributed by atoms with Crippen LogP contribution in [0.1, 0.15) is 26.2 Å². The van der Waals surface area contributed by atoms with E-state index in [4.69, 9.17) is 0 Å². The Balaban J connectivity index is 2.18. The maximum atomic E-state index is 11.4. The van der Waals surface area contributed by atoms with Gasteiger partial charge in [0.05, 0.1) is 5.60 Å². The van der Waals surface area contributed by atoms with Gasteiger partial charge in [0.15, 0.2) is 0 Å². The predicted octanol–water partition coefficient (Wildman–Crippen LogP) is 0.215. The van der Waals surface area contributed by atoms with Gasteiger partial charge in [-0.05, 0) is 39.8 Å². The van der Waals surface area contributed by atoms with Crippen molar-refractivity contribution in [1.82, 2.24) is 10.2 Å². The third-order valence-electron chi connectivity index (χ3n) is 2.49. The van der Waals surface area contributed by atoms with Gasteiger partial charge >= 0.3 is 0 Å². The van der Waals surface area contributed by atoms with Crippen molar-refractivity contribution >= 4 is 5.91 Å². The van der Waals surface area contributed by atoms with E-state index in [1.54, 1.807) is 6.92 Å². The number of nitrogens with one attached hydrogen (secondary N) is 1. The van der Waals surface area contributed by atoms with Crippen molar-refractivity contribution in [2.24, 2.45) is 5.92 Å². The molecule has 0 aromatic heterocycles. The molecule has 0 bridgehead atoms. The second kappa shape index (κ2) is 4.94. The van der Waals surface area contributed by atoms with Gasteiger partial charge in [-0.2, -0.15) is 0 Å². The van der Waals surface area contributed by atoms with Gasteiger partial charge in [-0.3, -0.25) is 4.79 Å². The van der Waals surface area contributed by atoms with Crippen molar-refractivity contribution < 1.29 is 9.90 Å². The molecule has 0 aromatic rings. The van der Waals surface area contributed by atoms with E-state index in [1.165, 1.54) is 12.8 Å². The smallest absolute Gasteiger partial charge is 0.220 e. The average Bonchev–Trinajstić information content (AvgIpc) is 2.82. The third-order valence-corrected chi connectivity index (χ3v) is 2.49. The standard InChI is InChI=1S/C11H22N2O2/c1-11(15,8-13(2)3)7-12-10(14)6-9-4-5-9/h9,15H,4-8H2,1-3H3,(H,12,14). The molecule has 2 N–H and O–H groups in total. The first kappa shape index (κ1) is 12.5. The molecule has 0 aliphatic heterocycles. The lowest BCUT2D eigenvalue weighted by Crippen LogP contribution is -2.47. The Morgan fingerprint density at radius 1 is 1.53 bits per heavy atom. The Bertz CT molecular complexity index is 223. The highest BCUT2D eigenvalue weighted by molar-refractivity contribution is 5.76. The van der Waals surface area contributed by atoms with Crippen molar-refractivity contribution in [1.29, 1.82) is 0 Å². The summed E-state index contributed by atoms with van der Waals surface area (Å²) in [4.78, 5) is 13.3. The zero-order valence-electron chi connectivity index (χ0n) is 9.92. The highest BCUT2D eigenvalue weighted by Gasteiger charge is 2.26. The monoisotopic (exact) mass is 214 g/mol. The molecule has 1 fully saturated rings. The van der Waals surface area contributed by atoms with Gasteiger partial charge in [-0.1, -0.05) is 0 Å². The summed E-state index contributed by atoms with van der Waals surface area (Å²) in [6.45, 7) is 2.62. The molecule has 0 spiro atoms. The first-order valence-electron chi connectivity index (χ1n) is 5.53. The molecule has 0 radical (unpaired) electrons. The van der Waals surface area contributed by atoms with E-state index in [-0.39, 0.29) is 5.91 Å². The van der Waals surface area contributed by atoms with Crippen molar-refractivity contribution in [3.8, 4) is 0 Å². The Labute approximate surface area is 91.6 Å². The summed E-state index contributed by atoms with van der Waals surface area (Å²) < 4.78 is 0. The minimum atomic E-state index is -0.845. The van der Waals surface area contributed by atoms with Crippen LogP contribution in [-0.4, -0.2) is 48.7 Å². The SMILES string of the molecule is CN(C)CC(C)(O)CNC(=O)CC1CC1. The highest BCUT2D eigenvalue weighted by Crippen LogP contribution is 2.32. The van der Waals surface area contributed by atoms with Gasteiger partial charge in [-0.25, -0.2) is 0 Å². The summed E-state index contributed by atoms with van der Waals surface area (Å²) >= 11 is 0. The zero-order chi connectivity index (χ0) is 11.5. The minimum Gasteiger partial charge on any atom is -0.387 e. The van der Waals surface area contributed by atoms with E-state index in [9.17, 15) is 9.90 Å².